The monoisotopic (exact) mass is 285 g/mol. The predicted octanol–water partition coefficient (Wildman–Crippen LogP) is 1.48. The minimum Gasteiger partial charge on any atom is -0.485 e. The second-order valence-electron chi connectivity index (χ2n) is 4.51. The summed E-state index contributed by atoms with van der Waals surface area (Å²) in [5.41, 5.74) is 0. The van der Waals surface area contributed by atoms with Gasteiger partial charge in [-0.3, -0.25) is 4.79 Å². The molecule has 2 rings (SSSR count). The second kappa shape index (κ2) is 7.16. The lowest BCUT2D eigenvalue weighted by Gasteiger charge is -2.30. The van der Waals surface area contributed by atoms with Crippen molar-refractivity contribution >= 4 is 5.91 Å². The molecule has 0 spiro atoms. The van der Waals surface area contributed by atoms with Crippen LogP contribution < -0.4 is 9.47 Å². The number of para-hydroxylation sites is 2. The summed E-state index contributed by atoms with van der Waals surface area (Å²) in [5, 5.41) is 17.3. The Kier molecular flexibility index (Phi) is 5.00. The molecule has 1 atom stereocenters. The molecule has 1 aliphatic rings. The van der Waals surface area contributed by atoms with Crippen LogP contribution in [0.25, 0.3) is 0 Å². The van der Waals surface area contributed by atoms with E-state index in [0.717, 1.165) is 0 Å². The van der Waals surface area contributed by atoms with Crippen LogP contribution in [0.15, 0.2) is 24.3 Å². The highest BCUT2D eigenvalue weighted by Gasteiger charge is 2.30. The maximum atomic E-state index is 12.4. The number of ether oxygens (including phenoxy) is 2. The zero-order valence-corrected chi connectivity index (χ0v) is 11.5. The van der Waals surface area contributed by atoms with E-state index in [2.05, 4.69) is 0 Å². The molecule has 1 amide bonds. The average Bonchev–Trinajstić information content (AvgIpc) is 2.54. The van der Waals surface area contributed by atoms with E-state index >= 15 is 0 Å². The van der Waals surface area contributed by atoms with E-state index in [1.807, 2.05) is 18.2 Å². The first-order valence-corrected chi connectivity index (χ1v) is 6.67. The SMILES string of the molecule is N#CCCN(CCC#N)C(=O)C1COc2ccccc2O1. The van der Waals surface area contributed by atoms with Gasteiger partial charge < -0.3 is 14.4 Å². The van der Waals surface area contributed by atoms with Gasteiger partial charge in [0, 0.05) is 13.1 Å². The Morgan fingerprint density at radius 3 is 2.43 bits per heavy atom. The number of fused-ring (bicyclic) bond motifs is 1. The van der Waals surface area contributed by atoms with Gasteiger partial charge in [0.1, 0.15) is 6.61 Å². The molecular weight excluding hydrogens is 270 g/mol. The number of nitriles is 2. The molecule has 6 heteroatoms. The quantitative estimate of drug-likeness (QED) is 0.818. The number of nitrogens with zero attached hydrogens (tertiary/aromatic N) is 3. The zero-order valence-electron chi connectivity index (χ0n) is 11.5. The molecule has 1 aromatic rings. The van der Waals surface area contributed by atoms with Gasteiger partial charge in [-0.1, -0.05) is 12.1 Å². The minimum atomic E-state index is -0.739. The molecule has 0 saturated carbocycles. The van der Waals surface area contributed by atoms with Crippen LogP contribution in [0.1, 0.15) is 12.8 Å². The molecule has 0 N–H and O–H groups in total. The lowest BCUT2D eigenvalue weighted by atomic mass is 10.2. The molecule has 0 aromatic heterocycles. The van der Waals surface area contributed by atoms with Crippen molar-refractivity contribution in [2.24, 2.45) is 0 Å². The zero-order chi connectivity index (χ0) is 15.1. The van der Waals surface area contributed by atoms with Crippen molar-refractivity contribution in [3.05, 3.63) is 24.3 Å². The third-order valence-corrected chi connectivity index (χ3v) is 3.08. The number of carbonyl (C=O) groups is 1. The number of benzene rings is 1. The van der Waals surface area contributed by atoms with E-state index in [1.165, 1.54) is 4.90 Å². The highest BCUT2D eigenvalue weighted by atomic mass is 16.6. The molecule has 0 fully saturated rings. The van der Waals surface area contributed by atoms with Gasteiger partial charge in [0.15, 0.2) is 11.5 Å². The summed E-state index contributed by atoms with van der Waals surface area (Å²) in [6.45, 7) is 0.711. The Bertz CT molecular complexity index is 571. The molecule has 1 heterocycles. The fourth-order valence-corrected chi connectivity index (χ4v) is 2.05. The summed E-state index contributed by atoms with van der Waals surface area (Å²) in [6, 6.07) is 11.1. The molecule has 108 valence electrons. The Morgan fingerprint density at radius 2 is 1.81 bits per heavy atom. The van der Waals surface area contributed by atoms with Crippen LogP contribution >= 0.6 is 0 Å². The van der Waals surface area contributed by atoms with Gasteiger partial charge in [-0.15, -0.1) is 0 Å². The topological polar surface area (TPSA) is 86.4 Å². The highest BCUT2D eigenvalue weighted by Crippen LogP contribution is 2.31. The Balaban J connectivity index is 2.04. The van der Waals surface area contributed by atoms with Crippen LogP contribution in [-0.2, 0) is 4.79 Å². The Hall–Kier alpha value is -2.73. The van der Waals surface area contributed by atoms with E-state index in [9.17, 15) is 4.79 Å². The van der Waals surface area contributed by atoms with Gasteiger partial charge in [0.2, 0.25) is 6.10 Å². The van der Waals surface area contributed by atoms with E-state index in [-0.39, 0.29) is 25.4 Å². The van der Waals surface area contributed by atoms with Gasteiger partial charge in [0.05, 0.1) is 25.0 Å². The number of carbonyl (C=O) groups excluding carboxylic acids is 1. The van der Waals surface area contributed by atoms with E-state index in [1.54, 1.807) is 18.2 Å². The number of amides is 1. The summed E-state index contributed by atoms with van der Waals surface area (Å²) in [6.07, 6.45) is -0.292. The van der Waals surface area contributed by atoms with Crippen LogP contribution in [0.2, 0.25) is 0 Å². The van der Waals surface area contributed by atoms with Crippen molar-refractivity contribution in [3.8, 4) is 23.6 Å². The molecule has 1 aromatic carbocycles. The third-order valence-electron chi connectivity index (χ3n) is 3.08. The molecular formula is C15H15N3O3. The van der Waals surface area contributed by atoms with E-state index in [0.29, 0.717) is 24.6 Å². The highest BCUT2D eigenvalue weighted by molar-refractivity contribution is 5.82. The normalized spacial score (nSPS) is 15.6. The van der Waals surface area contributed by atoms with Crippen molar-refractivity contribution < 1.29 is 14.3 Å². The standard InChI is InChI=1S/C15H15N3O3/c16-7-3-9-18(10-4-8-17)15(19)14-11-20-12-5-1-2-6-13(12)21-14/h1-2,5-6,14H,3-4,9-11H2. The van der Waals surface area contributed by atoms with Gasteiger partial charge >= 0.3 is 0 Å². The first kappa shape index (κ1) is 14.7. The number of rotatable bonds is 5. The van der Waals surface area contributed by atoms with Crippen LogP contribution in [-0.4, -0.2) is 36.6 Å². The van der Waals surface area contributed by atoms with Crippen LogP contribution in [0.3, 0.4) is 0 Å². The molecule has 0 radical (unpaired) electrons. The first-order chi connectivity index (χ1) is 10.3. The van der Waals surface area contributed by atoms with Crippen molar-refractivity contribution in [1.82, 2.24) is 4.90 Å². The smallest absolute Gasteiger partial charge is 0.267 e. The van der Waals surface area contributed by atoms with E-state index < -0.39 is 6.10 Å². The maximum absolute atomic E-state index is 12.4. The van der Waals surface area contributed by atoms with Gasteiger partial charge in [-0.05, 0) is 12.1 Å². The van der Waals surface area contributed by atoms with Gasteiger partial charge in [-0.2, -0.15) is 10.5 Å². The predicted molar refractivity (Wildman–Crippen MR) is 73.4 cm³/mol. The molecule has 0 bridgehead atoms. The molecule has 1 unspecified atom stereocenters. The molecule has 0 saturated heterocycles. The second-order valence-corrected chi connectivity index (χ2v) is 4.51. The van der Waals surface area contributed by atoms with Crippen LogP contribution in [0.5, 0.6) is 11.5 Å². The molecule has 1 aliphatic heterocycles. The number of hydrogen-bond acceptors (Lipinski definition) is 5. The van der Waals surface area contributed by atoms with Crippen molar-refractivity contribution in [1.29, 1.82) is 10.5 Å². The summed E-state index contributed by atoms with van der Waals surface area (Å²) in [7, 11) is 0. The summed E-state index contributed by atoms with van der Waals surface area (Å²) < 4.78 is 11.2. The summed E-state index contributed by atoms with van der Waals surface area (Å²) in [4.78, 5) is 13.9. The lowest BCUT2D eigenvalue weighted by Crippen LogP contribution is -2.47. The van der Waals surface area contributed by atoms with Gasteiger partial charge in [0.25, 0.3) is 5.91 Å². The third kappa shape index (κ3) is 3.64. The Morgan fingerprint density at radius 1 is 1.19 bits per heavy atom. The summed E-state index contributed by atoms with van der Waals surface area (Å²) >= 11 is 0. The van der Waals surface area contributed by atoms with Crippen LogP contribution in [0.4, 0.5) is 0 Å². The van der Waals surface area contributed by atoms with E-state index in [4.69, 9.17) is 20.0 Å². The lowest BCUT2D eigenvalue weighted by molar-refractivity contribution is -0.141. The molecule has 6 nitrogen and oxygen atoms in total. The number of hydrogen-bond donors (Lipinski definition) is 0. The van der Waals surface area contributed by atoms with Crippen molar-refractivity contribution in [3.63, 3.8) is 0 Å². The fourth-order valence-electron chi connectivity index (χ4n) is 2.05. The maximum Gasteiger partial charge on any atom is 0.267 e. The first-order valence-electron chi connectivity index (χ1n) is 6.67. The largest absolute Gasteiger partial charge is 0.485 e. The minimum absolute atomic E-state index is 0.130. The molecule has 21 heavy (non-hydrogen) atoms. The Labute approximate surface area is 123 Å². The molecule has 0 aliphatic carbocycles. The average molecular weight is 285 g/mol. The summed E-state index contributed by atoms with van der Waals surface area (Å²) in [5.74, 6) is 0.889. The fraction of sp³-hybridized carbons (Fsp3) is 0.400. The van der Waals surface area contributed by atoms with Crippen molar-refractivity contribution in [2.45, 2.75) is 18.9 Å². The van der Waals surface area contributed by atoms with Crippen LogP contribution in [0, 0.1) is 22.7 Å². The van der Waals surface area contributed by atoms with Crippen molar-refractivity contribution in [2.75, 3.05) is 19.7 Å². The van der Waals surface area contributed by atoms with Gasteiger partial charge in [-0.25, -0.2) is 0 Å².